The number of hydrogen-bond acceptors (Lipinski definition) is 3. The van der Waals surface area contributed by atoms with E-state index < -0.39 is 0 Å². The third kappa shape index (κ3) is 2.27. The van der Waals surface area contributed by atoms with Crippen LogP contribution in [-0.2, 0) is 0 Å². The molecule has 0 aromatic heterocycles. The molecule has 94 valence electrons. The first-order valence-corrected chi connectivity index (χ1v) is 7.87. The maximum atomic E-state index is 6.17. The summed E-state index contributed by atoms with van der Waals surface area (Å²) in [6.07, 6.45) is 4.07. The van der Waals surface area contributed by atoms with Crippen LogP contribution in [0.3, 0.4) is 0 Å². The number of hydrogen-bond donors (Lipinski definition) is 1. The molecule has 0 bridgehead atoms. The third-order valence-electron chi connectivity index (χ3n) is 4.71. The van der Waals surface area contributed by atoms with Gasteiger partial charge in [-0.2, -0.15) is 11.8 Å². The summed E-state index contributed by atoms with van der Waals surface area (Å²) in [6.45, 7) is 8.16. The second-order valence-electron chi connectivity index (χ2n) is 5.69. The molecular weight excluding hydrogens is 216 g/mol. The molecule has 1 aliphatic heterocycles. The van der Waals surface area contributed by atoms with E-state index in [1.807, 2.05) is 0 Å². The van der Waals surface area contributed by atoms with Gasteiger partial charge in [0.2, 0.25) is 0 Å². The molecule has 1 heterocycles. The first kappa shape index (κ1) is 12.7. The molecule has 0 amide bonds. The van der Waals surface area contributed by atoms with Crippen LogP contribution < -0.4 is 5.73 Å². The minimum atomic E-state index is 0.318. The molecule has 16 heavy (non-hydrogen) atoms. The molecule has 1 saturated heterocycles. The van der Waals surface area contributed by atoms with Crippen molar-refractivity contribution in [3.05, 3.63) is 0 Å². The smallest absolute Gasteiger partial charge is 0.0360 e. The number of nitrogens with two attached hydrogens (primary N) is 1. The molecule has 0 aromatic rings. The quantitative estimate of drug-likeness (QED) is 0.805. The van der Waals surface area contributed by atoms with E-state index in [0.29, 0.717) is 5.54 Å². The SMILES string of the molecule is CC1CCC(C)C(CN)(N2CCSCC2)C1. The van der Waals surface area contributed by atoms with Gasteiger partial charge in [-0.25, -0.2) is 0 Å². The Kier molecular flexibility index (Phi) is 4.20. The normalized spacial score (nSPS) is 42.2. The van der Waals surface area contributed by atoms with Gasteiger partial charge in [0.05, 0.1) is 0 Å². The molecule has 1 saturated carbocycles. The van der Waals surface area contributed by atoms with Crippen molar-refractivity contribution in [3.8, 4) is 0 Å². The van der Waals surface area contributed by atoms with Gasteiger partial charge in [-0.05, 0) is 24.7 Å². The van der Waals surface area contributed by atoms with Gasteiger partial charge in [0.25, 0.3) is 0 Å². The molecule has 2 aliphatic rings. The van der Waals surface area contributed by atoms with Gasteiger partial charge < -0.3 is 5.73 Å². The molecule has 1 aliphatic carbocycles. The molecule has 2 rings (SSSR count). The van der Waals surface area contributed by atoms with Crippen LogP contribution >= 0.6 is 11.8 Å². The molecule has 2 fully saturated rings. The Balaban J connectivity index is 2.14. The lowest BCUT2D eigenvalue weighted by atomic mass is 9.68. The fourth-order valence-corrected chi connectivity index (χ4v) is 4.48. The summed E-state index contributed by atoms with van der Waals surface area (Å²) in [4.78, 5) is 2.71. The summed E-state index contributed by atoms with van der Waals surface area (Å²) in [6, 6.07) is 0. The summed E-state index contributed by atoms with van der Waals surface area (Å²) in [7, 11) is 0. The summed E-state index contributed by atoms with van der Waals surface area (Å²) < 4.78 is 0. The fraction of sp³-hybridized carbons (Fsp3) is 1.00. The van der Waals surface area contributed by atoms with Crippen LogP contribution in [0.4, 0.5) is 0 Å². The van der Waals surface area contributed by atoms with E-state index in [4.69, 9.17) is 5.73 Å². The summed E-state index contributed by atoms with van der Waals surface area (Å²) >= 11 is 2.09. The predicted octanol–water partition coefficient (Wildman–Crippen LogP) is 2.19. The first-order valence-electron chi connectivity index (χ1n) is 6.72. The molecule has 3 unspecified atom stereocenters. The number of rotatable bonds is 2. The molecule has 0 radical (unpaired) electrons. The Hall–Kier alpha value is 0.270. The van der Waals surface area contributed by atoms with Crippen LogP contribution in [0.2, 0.25) is 0 Å². The zero-order valence-electron chi connectivity index (χ0n) is 10.7. The van der Waals surface area contributed by atoms with Crippen molar-refractivity contribution in [3.63, 3.8) is 0 Å². The van der Waals surface area contributed by atoms with Crippen LogP contribution in [0.15, 0.2) is 0 Å². The molecule has 3 atom stereocenters. The highest BCUT2D eigenvalue weighted by Gasteiger charge is 2.44. The first-order chi connectivity index (χ1) is 7.69. The van der Waals surface area contributed by atoms with Crippen molar-refractivity contribution in [2.75, 3.05) is 31.1 Å². The summed E-state index contributed by atoms with van der Waals surface area (Å²) in [5, 5.41) is 0. The minimum absolute atomic E-state index is 0.318. The van der Waals surface area contributed by atoms with Crippen molar-refractivity contribution in [1.82, 2.24) is 4.90 Å². The van der Waals surface area contributed by atoms with E-state index in [1.54, 1.807) is 0 Å². The summed E-state index contributed by atoms with van der Waals surface area (Å²) in [5.74, 6) is 4.22. The van der Waals surface area contributed by atoms with Crippen molar-refractivity contribution in [2.45, 2.75) is 38.6 Å². The Morgan fingerprint density at radius 2 is 1.94 bits per heavy atom. The average Bonchev–Trinajstić information content (AvgIpc) is 2.33. The van der Waals surface area contributed by atoms with Gasteiger partial charge in [0.1, 0.15) is 0 Å². The highest BCUT2D eigenvalue weighted by atomic mass is 32.2. The van der Waals surface area contributed by atoms with Crippen molar-refractivity contribution in [1.29, 1.82) is 0 Å². The minimum Gasteiger partial charge on any atom is -0.329 e. The van der Waals surface area contributed by atoms with Crippen molar-refractivity contribution in [2.24, 2.45) is 17.6 Å². The average molecular weight is 242 g/mol. The molecule has 2 nitrogen and oxygen atoms in total. The molecule has 0 spiro atoms. The highest BCUT2D eigenvalue weighted by Crippen LogP contribution is 2.41. The number of nitrogens with zero attached hydrogens (tertiary/aromatic N) is 1. The largest absolute Gasteiger partial charge is 0.329 e. The van der Waals surface area contributed by atoms with Crippen LogP contribution in [0.5, 0.6) is 0 Å². The van der Waals surface area contributed by atoms with Crippen molar-refractivity contribution < 1.29 is 0 Å². The lowest BCUT2D eigenvalue weighted by molar-refractivity contribution is 0.00284. The Morgan fingerprint density at radius 1 is 1.25 bits per heavy atom. The summed E-state index contributed by atoms with van der Waals surface area (Å²) in [5.41, 5.74) is 6.49. The van der Waals surface area contributed by atoms with Gasteiger partial charge in [-0.3, -0.25) is 4.90 Å². The standard InChI is InChI=1S/C13H26N2S/c1-11-3-4-12(2)13(9-11,10-14)15-5-7-16-8-6-15/h11-12H,3-10,14H2,1-2H3. The van der Waals surface area contributed by atoms with E-state index in [1.165, 1.54) is 43.9 Å². The molecule has 3 heteroatoms. The fourth-order valence-electron chi connectivity index (χ4n) is 3.57. The van der Waals surface area contributed by atoms with E-state index in [-0.39, 0.29) is 0 Å². The van der Waals surface area contributed by atoms with Crippen molar-refractivity contribution >= 4 is 11.8 Å². The maximum Gasteiger partial charge on any atom is 0.0360 e. The zero-order chi connectivity index (χ0) is 11.6. The van der Waals surface area contributed by atoms with Gasteiger partial charge in [-0.1, -0.05) is 20.3 Å². The molecule has 2 N–H and O–H groups in total. The third-order valence-corrected chi connectivity index (χ3v) is 5.65. The predicted molar refractivity (Wildman–Crippen MR) is 72.9 cm³/mol. The van der Waals surface area contributed by atoms with E-state index in [9.17, 15) is 0 Å². The van der Waals surface area contributed by atoms with Gasteiger partial charge in [-0.15, -0.1) is 0 Å². The van der Waals surface area contributed by atoms with Gasteiger partial charge in [0, 0.05) is 36.7 Å². The van der Waals surface area contributed by atoms with Crippen LogP contribution in [0, 0.1) is 11.8 Å². The second kappa shape index (κ2) is 5.28. The highest BCUT2D eigenvalue weighted by molar-refractivity contribution is 7.99. The van der Waals surface area contributed by atoms with Crippen LogP contribution in [-0.4, -0.2) is 41.6 Å². The Morgan fingerprint density at radius 3 is 2.56 bits per heavy atom. The number of thioether (sulfide) groups is 1. The van der Waals surface area contributed by atoms with E-state index >= 15 is 0 Å². The second-order valence-corrected chi connectivity index (χ2v) is 6.92. The topological polar surface area (TPSA) is 29.3 Å². The zero-order valence-corrected chi connectivity index (χ0v) is 11.6. The van der Waals surface area contributed by atoms with E-state index in [2.05, 4.69) is 30.5 Å². The Bertz CT molecular complexity index is 228. The molecular formula is C13H26N2S. The lowest BCUT2D eigenvalue weighted by Crippen LogP contribution is -2.62. The van der Waals surface area contributed by atoms with Crippen LogP contribution in [0.1, 0.15) is 33.1 Å². The maximum absolute atomic E-state index is 6.17. The van der Waals surface area contributed by atoms with E-state index in [0.717, 1.165) is 18.4 Å². The molecule has 0 aromatic carbocycles. The van der Waals surface area contributed by atoms with Crippen LogP contribution in [0.25, 0.3) is 0 Å². The Labute approximate surface area is 104 Å². The van der Waals surface area contributed by atoms with Gasteiger partial charge in [0.15, 0.2) is 0 Å². The monoisotopic (exact) mass is 242 g/mol. The van der Waals surface area contributed by atoms with Gasteiger partial charge >= 0.3 is 0 Å². The lowest BCUT2D eigenvalue weighted by Gasteiger charge is -2.53.